The quantitative estimate of drug-likeness (QED) is 0.839. The van der Waals surface area contributed by atoms with E-state index in [1.807, 2.05) is 0 Å². The molecule has 0 spiro atoms. The molecular weight excluding hydrogens is 244 g/mol. The van der Waals surface area contributed by atoms with Crippen LogP contribution in [0.25, 0.3) is 0 Å². The molecule has 2 heterocycles. The Morgan fingerprint density at radius 3 is 2.53 bits per heavy atom. The summed E-state index contributed by atoms with van der Waals surface area (Å²) in [5, 5.41) is 9.04. The molecule has 2 aliphatic heterocycles. The fourth-order valence-corrected chi connectivity index (χ4v) is 3.10. The number of hydrogen-bond donors (Lipinski definition) is 1. The van der Waals surface area contributed by atoms with E-state index >= 15 is 0 Å². The van der Waals surface area contributed by atoms with Crippen LogP contribution in [-0.4, -0.2) is 30.7 Å². The molecule has 0 atom stereocenters. The summed E-state index contributed by atoms with van der Waals surface area (Å²) in [6.45, 7) is 3.01. The number of carbonyl (C=O) groups is 1. The summed E-state index contributed by atoms with van der Waals surface area (Å²) in [4.78, 5) is 11.9. The van der Waals surface area contributed by atoms with Crippen molar-refractivity contribution in [1.29, 1.82) is 0 Å². The Morgan fingerprint density at radius 1 is 1.16 bits per heavy atom. The minimum atomic E-state index is 0.0496. The summed E-state index contributed by atoms with van der Waals surface area (Å²) < 4.78 is 11.5. The predicted octanol–water partition coefficient (Wildman–Crippen LogP) is 1.68. The average Bonchev–Trinajstić information content (AvgIpc) is 3.01. The molecule has 2 aliphatic rings. The zero-order valence-corrected chi connectivity index (χ0v) is 11.1. The summed E-state index contributed by atoms with van der Waals surface area (Å²) in [7, 11) is 0. The van der Waals surface area contributed by atoms with E-state index in [1.54, 1.807) is 6.92 Å². The maximum atomic E-state index is 11.9. The zero-order valence-electron chi connectivity index (χ0n) is 11.1. The third-order valence-electron chi connectivity index (χ3n) is 3.85. The molecule has 1 aromatic rings. The van der Waals surface area contributed by atoms with Gasteiger partial charge in [-0.2, -0.15) is 0 Å². The van der Waals surface area contributed by atoms with Crippen molar-refractivity contribution in [2.75, 3.05) is 19.8 Å². The van der Waals surface area contributed by atoms with Crippen molar-refractivity contribution in [3.05, 3.63) is 22.3 Å². The van der Waals surface area contributed by atoms with Gasteiger partial charge in [0.1, 0.15) is 11.5 Å². The lowest BCUT2D eigenvalue weighted by Crippen LogP contribution is -2.05. The zero-order chi connectivity index (χ0) is 13.4. The lowest BCUT2D eigenvalue weighted by molar-refractivity contribution is 0.101. The second kappa shape index (κ2) is 4.85. The van der Waals surface area contributed by atoms with E-state index in [1.165, 1.54) is 0 Å². The second-order valence-corrected chi connectivity index (χ2v) is 5.05. The van der Waals surface area contributed by atoms with E-state index in [0.29, 0.717) is 25.2 Å². The van der Waals surface area contributed by atoms with Crippen LogP contribution in [-0.2, 0) is 19.3 Å². The van der Waals surface area contributed by atoms with Crippen LogP contribution in [0.4, 0.5) is 0 Å². The molecule has 0 aromatic heterocycles. The summed E-state index contributed by atoms with van der Waals surface area (Å²) in [5.74, 6) is 1.70. The molecule has 102 valence electrons. The van der Waals surface area contributed by atoms with Gasteiger partial charge in [0, 0.05) is 36.1 Å². The Morgan fingerprint density at radius 2 is 1.84 bits per heavy atom. The SMILES string of the molecule is CC(=O)c1c2c(c(CCCO)c3c1OCC3)OCC2. The molecule has 3 rings (SSSR count). The minimum absolute atomic E-state index is 0.0496. The highest BCUT2D eigenvalue weighted by molar-refractivity contribution is 6.00. The van der Waals surface area contributed by atoms with Gasteiger partial charge in [0.15, 0.2) is 5.78 Å². The molecule has 19 heavy (non-hydrogen) atoms. The second-order valence-electron chi connectivity index (χ2n) is 5.05. The van der Waals surface area contributed by atoms with Gasteiger partial charge in [-0.3, -0.25) is 4.79 Å². The van der Waals surface area contributed by atoms with E-state index in [9.17, 15) is 4.79 Å². The molecule has 0 aliphatic carbocycles. The first-order valence-corrected chi connectivity index (χ1v) is 6.82. The summed E-state index contributed by atoms with van der Waals surface area (Å²) in [6, 6.07) is 0. The van der Waals surface area contributed by atoms with Gasteiger partial charge in [-0.25, -0.2) is 0 Å². The van der Waals surface area contributed by atoms with Gasteiger partial charge in [0.25, 0.3) is 0 Å². The number of ketones is 1. The number of aliphatic hydroxyl groups is 1. The molecule has 0 amide bonds. The Kier molecular flexibility index (Phi) is 3.19. The molecule has 0 radical (unpaired) electrons. The number of benzene rings is 1. The number of rotatable bonds is 4. The number of hydrogen-bond acceptors (Lipinski definition) is 4. The largest absolute Gasteiger partial charge is 0.493 e. The summed E-state index contributed by atoms with van der Waals surface area (Å²) in [5.41, 5.74) is 3.96. The van der Waals surface area contributed by atoms with Crippen LogP contribution in [0.15, 0.2) is 0 Å². The van der Waals surface area contributed by atoms with Crippen molar-refractivity contribution in [1.82, 2.24) is 0 Å². The molecule has 4 heteroatoms. The minimum Gasteiger partial charge on any atom is -0.493 e. The monoisotopic (exact) mass is 262 g/mol. The van der Waals surface area contributed by atoms with E-state index in [4.69, 9.17) is 14.6 Å². The fourth-order valence-electron chi connectivity index (χ4n) is 3.10. The maximum Gasteiger partial charge on any atom is 0.163 e. The van der Waals surface area contributed by atoms with Crippen molar-refractivity contribution in [3.63, 3.8) is 0 Å². The van der Waals surface area contributed by atoms with Crippen LogP contribution in [0.2, 0.25) is 0 Å². The molecule has 0 bridgehead atoms. The number of Topliss-reactive ketones (excluding diaryl/α,β-unsaturated/α-hetero) is 1. The number of ether oxygens (including phenoxy) is 2. The van der Waals surface area contributed by atoms with Crippen LogP contribution >= 0.6 is 0 Å². The van der Waals surface area contributed by atoms with Gasteiger partial charge < -0.3 is 14.6 Å². The van der Waals surface area contributed by atoms with Crippen molar-refractivity contribution in [2.45, 2.75) is 32.6 Å². The highest BCUT2D eigenvalue weighted by atomic mass is 16.5. The van der Waals surface area contributed by atoms with Crippen LogP contribution in [0.3, 0.4) is 0 Å². The maximum absolute atomic E-state index is 11.9. The standard InChI is InChI=1S/C15H18O4/c1-9(17)13-12-5-8-18-14(12)10(3-2-6-16)11-4-7-19-15(11)13/h16H,2-8H2,1H3. The van der Waals surface area contributed by atoms with Crippen molar-refractivity contribution < 1.29 is 19.4 Å². The molecule has 0 fully saturated rings. The van der Waals surface area contributed by atoms with Gasteiger partial charge >= 0.3 is 0 Å². The third-order valence-corrected chi connectivity index (χ3v) is 3.85. The lowest BCUT2D eigenvalue weighted by Gasteiger charge is -2.16. The first kappa shape index (κ1) is 12.5. The smallest absolute Gasteiger partial charge is 0.163 e. The Labute approximate surface area is 112 Å². The topological polar surface area (TPSA) is 55.8 Å². The van der Waals surface area contributed by atoms with Gasteiger partial charge in [-0.05, 0) is 19.8 Å². The Balaban J connectivity index is 2.19. The van der Waals surface area contributed by atoms with Crippen LogP contribution in [0.1, 0.15) is 40.4 Å². The summed E-state index contributed by atoms with van der Waals surface area (Å²) >= 11 is 0. The lowest BCUT2D eigenvalue weighted by atomic mass is 9.90. The average molecular weight is 262 g/mol. The van der Waals surface area contributed by atoms with E-state index in [-0.39, 0.29) is 12.4 Å². The van der Waals surface area contributed by atoms with Crippen molar-refractivity contribution in [2.24, 2.45) is 0 Å². The highest BCUT2D eigenvalue weighted by Crippen LogP contribution is 2.45. The Hall–Kier alpha value is -1.55. The van der Waals surface area contributed by atoms with E-state index in [2.05, 4.69) is 0 Å². The molecule has 0 unspecified atom stereocenters. The van der Waals surface area contributed by atoms with Gasteiger partial charge in [0.2, 0.25) is 0 Å². The van der Waals surface area contributed by atoms with Crippen LogP contribution in [0.5, 0.6) is 11.5 Å². The van der Waals surface area contributed by atoms with E-state index in [0.717, 1.165) is 47.5 Å². The highest BCUT2D eigenvalue weighted by Gasteiger charge is 2.32. The Bertz CT molecular complexity index is 498. The van der Waals surface area contributed by atoms with Crippen molar-refractivity contribution >= 4 is 5.78 Å². The number of fused-ring (bicyclic) bond motifs is 2. The third kappa shape index (κ3) is 1.91. The van der Waals surface area contributed by atoms with Crippen LogP contribution in [0, 0.1) is 0 Å². The molecule has 1 aromatic carbocycles. The molecular formula is C15H18O4. The molecule has 1 N–H and O–H groups in total. The molecule has 0 saturated heterocycles. The van der Waals surface area contributed by atoms with Crippen molar-refractivity contribution in [3.8, 4) is 11.5 Å². The number of carbonyl (C=O) groups excluding carboxylic acids is 1. The van der Waals surface area contributed by atoms with E-state index < -0.39 is 0 Å². The number of aliphatic hydroxyl groups excluding tert-OH is 1. The first-order chi connectivity index (χ1) is 9.24. The molecule has 4 nitrogen and oxygen atoms in total. The van der Waals surface area contributed by atoms with Gasteiger partial charge in [-0.15, -0.1) is 0 Å². The summed E-state index contributed by atoms with van der Waals surface area (Å²) in [6.07, 6.45) is 3.09. The van der Waals surface area contributed by atoms with Gasteiger partial charge in [-0.1, -0.05) is 0 Å². The normalized spacial score (nSPS) is 15.7. The van der Waals surface area contributed by atoms with Crippen LogP contribution < -0.4 is 9.47 Å². The predicted molar refractivity (Wildman–Crippen MR) is 70.3 cm³/mol. The van der Waals surface area contributed by atoms with Gasteiger partial charge in [0.05, 0.1) is 18.8 Å². The molecule has 0 saturated carbocycles. The fraction of sp³-hybridized carbons (Fsp3) is 0.533. The first-order valence-electron chi connectivity index (χ1n) is 6.82.